The number of carbonyl (C=O) groups excluding carboxylic acids is 1. The first kappa shape index (κ1) is 26.3. The monoisotopic (exact) mass is 474 g/mol. The Morgan fingerprint density at radius 3 is 2.76 bits per heavy atom. The van der Waals surface area contributed by atoms with Gasteiger partial charge in [0.05, 0.1) is 6.61 Å². The number of hydrogen-bond acceptors (Lipinski definition) is 6. The summed E-state index contributed by atoms with van der Waals surface area (Å²) < 4.78 is 5.18. The van der Waals surface area contributed by atoms with Gasteiger partial charge in [-0.2, -0.15) is 0 Å². The minimum Gasteiger partial charge on any atom is -0.480 e. The van der Waals surface area contributed by atoms with Crippen molar-refractivity contribution < 1.29 is 19.4 Å². The van der Waals surface area contributed by atoms with Gasteiger partial charge in [0.25, 0.3) is 0 Å². The van der Waals surface area contributed by atoms with Crippen molar-refractivity contribution in [1.82, 2.24) is 15.2 Å². The number of aromatic nitrogens is 1. The predicted molar refractivity (Wildman–Crippen MR) is 133 cm³/mol. The third-order valence-electron chi connectivity index (χ3n) is 6.52. The second kappa shape index (κ2) is 12.4. The molecule has 1 aliphatic heterocycles. The Balaban J connectivity index is 1.38. The lowest BCUT2D eigenvalue weighted by Gasteiger charge is -2.24. The molecule has 0 bridgehead atoms. The number of unbranched alkanes of at least 4 members (excludes halogenated alkanes) is 1. The van der Waals surface area contributed by atoms with Crippen molar-refractivity contribution >= 4 is 17.9 Å². The number of fused-ring (bicyclic) bond motifs is 1. The minimum atomic E-state index is -1.02. The molecule has 0 aromatic carbocycles. The van der Waals surface area contributed by atoms with Crippen LogP contribution < -0.4 is 10.6 Å². The molecule has 0 saturated heterocycles. The van der Waals surface area contributed by atoms with E-state index in [1.54, 1.807) is 0 Å². The zero-order chi connectivity index (χ0) is 24.6. The van der Waals surface area contributed by atoms with Gasteiger partial charge in [-0.3, -0.25) is 0 Å². The molecule has 2 aliphatic rings. The maximum atomic E-state index is 12.0. The average molecular weight is 475 g/mol. The maximum absolute atomic E-state index is 12.0. The molecule has 3 N–H and O–H groups in total. The van der Waals surface area contributed by atoms with Gasteiger partial charge < -0.3 is 25.4 Å². The van der Waals surface area contributed by atoms with Gasteiger partial charge in [0.1, 0.15) is 11.9 Å². The number of nitrogens with zero attached hydrogens (tertiary/aromatic N) is 2. The van der Waals surface area contributed by atoms with Gasteiger partial charge in [-0.25, -0.2) is 14.6 Å². The molecule has 34 heavy (non-hydrogen) atoms. The minimum absolute atomic E-state index is 0.0596. The molecule has 1 aromatic heterocycles. The Morgan fingerprint density at radius 1 is 1.26 bits per heavy atom. The number of aliphatic carboxylic acids is 1. The van der Waals surface area contributed by atoms with Crippen LogP contribution >= 0.6 is 0 Å². The fourth-order valence-corrected chi connectivity index (χ4v) is 4.23. The number of hydrogen-bond donors (Lipinski definition) is 3. The summed E-state index contributed by atoms with van der Waals surface area (Å²) in [7, 11) is 0. The molecule has 0 spiro atoms. The Hall–Kier alpha value is -2.35. The molecule has 1 saturated carbocycles. The summed E-state index contributed by atoms with van der Waals surface area (Å²) in [5, 5.41) is 15.5. The fourth-order valence-electron chi connectivity index (χ4n) is 4.23. The van der Waals surface area contributed by atoms with E-state index in [4.69, 9.17) is 9.72 Å². The standard InChI is InChI=1S/C26H42N4O4/c1-26(2,3)14-18-34-25(33)29-22(24(31)32)13-17-30(21-11-12-21)16-5-4-8-20-10-9-19-7-6-15-27-23(19)28-20/h9-10,21-22H,4-8,11-18H2,1-3H3,(H,27,28)(H,29,33)(H,31,32)/t22-/m0/s1. The summed E-state index contributed by atoms with van der Waals surface area (Å²) in [6.07, 6.45) is 8.10. The molecule has 0 unspecified atom stereocenters. The van der Waals surface area contributed by atoms with Crippen LogP contribution in [-0.2, 0) is 22.4 Å². The molecule has 190 valence electrons. The first-order valence-electron chi connectivity index (χ1n) is 12.8. The first-order valence-corrected chi connectivity index (χ1v) is 12.8. The third-order valence-corrected chi connectivity index (χ3v) is 6.52. The van der Waals surface area contributed by atoms with Crippen molar-refractivity contribution in [2.75, 3.05) is 31.6 Å². The zero-order valence-electron chi connectivity index (χ0n) is 21.1. The highest BCUT2D eigenvalue weighted by atomic mass is 16.5. The van der Waals surface area contributed by atoms with Crippen LogP contribution in [0.1, 0.15) is 77.0 Å². The summed E-state index contributed by atoms with van der Waals surface area (Å²) >= 11 is 0. The van der Waals surface area contributed by atoms with Crippen LogP contribution in [0.15, 0.2) is 12.1 Å². The average Bonchev–Trinajstić information content (AvgIpc) is 3.62. The molecule has 1 amide bonds. The molecule has 8 nitrogen and oxygen atoms in total. The van der Waals surface area contributed by atoms with Crippen molar-refractivity contribution in [3.05, 3.63) is 23.4 Å². The van der Waals surface area contributed by atoms with Crippen molar-refractivity contribution in [2.24, 2.45) is 5.41 Å². The van der Waals surface area contributed by atoms with Crippen LogP contribution in [0.25, 0.3) is 0 Å². The van der Waals surface area contributed by atoms with Crippen molar-refractivity contribution in [2.45, 2.75) is 90.6 Å². The summed E-state index contributed by atoms with van der Waals surface area (Å²) in [6, 6.07) is 3.96. The van der Waals surface area contributed by atoms with E-state index in [9.17, 15) is 14.7 Å². The van der Waals surface area contributed by atoms with E-state index in [2.05, 4.69) is 48.4 Å². The summed E-state index contributed by atoms with van der Waals surface area (Å²) in [6.45, 7) is 9.09. The summed E-state index contributed by atoms with van der Waals surface area (Å²) in [5.41, 5.74) is 2.50. The summed E-state index contributed by atoms with van der Waals surface area (Å²) in [4.78, 5) is 30.9. The lowest BCUT2D eigenvalue weighted by molar-refractivity contribution is -0.139. The first-order chi connectivity index (χ1) is 16.2. The van der Waals surface area contributed by atoms with E-state index in [1.165, 1.54) is 12.0 Å². The number of ether oxygens (including phenoxy) is 1. The highest BCUT2D eigenvalue weighted by molar-refractivity contribution is 5.79. The zero-order valence-corrected chi connectivity index (χ0v) is 21.1. The lowest BCUT2D eigenvalue weighted by Crippen LogP contribution is -2.44. The number of amides is 1. The van der Waals surface area contributed by atoms with Crippen LogP contribution in [0.3, 0.4) is 0 Å². The van der Waals surface area contributed by atoms with Crippen molar-refractivity contribution in [3.63, 3.8) is 0 Å². The molecule has 1 aromatic rings. The van der Waals surface area contributed by atoms with Crippen molar-refractivity contribution in [3.8, 4) is 0 Å². The Morgan fingerprint density at radius 2 is 2.06 bits per heavy atom. The Kier molecular flexibility index (Phi) is 9.56. The molecule has 0 radical (unpaired) electrons. The second-order valence-corrected chi connectivity index (χ2v) is 10.8. The van der Waals surface area contributed by atoms with E-state index in [0.717, 1.165) is 69.5 Å². The molecule has 1 aliphatic carbocycles. The lowest BCUT2D eigenvalue weighted by atomic mass is 9.93. The quantitative estimate of drug-likeness (QED) is 0.368. The predicted octanol–water partition coefficient (Wildman–Crippen LogP) is 4.23. The largest absolute Gasteiger partial charge is 0.480 e. The van der Waals surface area contributed by atoms with Gasteiger partial charge in [-0.1, -0.05) is 26.8 Å². The van der Waals surface area contributed by atoms with Crippen molar-refractivity contribution in [1.29, 1.82) is 0 Å². The number of aryl methyl sites for hydroxylation is 2. The summed E-state index contributed by atoms with van der Waals surface area (Å²) in [5.74, 6) is 0.0307. The molecule has 2 heterocycles. The topological polar surface area (TPSA) is 104 Å². The van der Waals surface area contributed by atoms with Crippen LogP contribution in [0.4, 0.5) is 10.6 Å². The van der Waals surface area contributed by atoms with Gasteiger partial charge in [0.2, 0.25) is 0 Å². The van der Waals surface area contributed by atoms with E-state index in [0.29, 0.717) is 19.0 Å². The number of carboxylic acids is 1. The van der Waals surface area contributed by atoms with E-state index >= 15 is 0 Å². The molecule has 1 atom stereocenters. The van der Waals surface area contributed by atoms with Crippen LogP contribution in [-0.4, -0.2) is 65.4 Å². The van der Waals surface area contributed by atoms with Crippen LogP contribution in [0.2, 0.25) is 0 Å². The smallest absolute Gasteiger partial charge is 0.407 e. The van der Waals surface area contributed by atoms with E-state index in [-0.39, 0.29) is 12.0 Å². The number of pyridine rings is 1. The second-order valence-electron chi connectivity index (χ2n) is 10.8. The van der Waals surface area contributed by atoms with E-state index in [1.807, 2.05) is 0 Å². The van der Waals surface area contributed by atoms with Gasteiger partial charge in [-0.15, -0.1) is 0 Å². The number of nitrogens with one attached hydrogen (secondary N) is 2. The third kappa shape index (κ3) is 9.12. The number of anilines is 1. The van der Waals surface area contributed by atoms with Gasteiger partial charge in [0, 0.05) is 24.8 Å². The number of alkyl carbamates (subject to hydrolysis) is 1. The highest BCUT2D eigenvalue weighted by Crippen LogP contribution is 2.27. The molecule has 1 fully saturated rings. The maximum Gasteiger partial charge on any atom is 0.407 e. The SMILES string of the molecule is CC(C)(C)CCOC(=O)N[C@@H](CCN(CCCCc1ccc2c(n1)NCCC2)C1CC1)C(=O)O. The molecular formula is C26H42N4O4. The number of carboxylic acid groups (broad SMARTS) is 1. The van der Waals surface area contributed by atoms with Crippen LogP contribution in [0, 0.1) is 5.41 Å². The van der Waals surface area contributed by atoms with Gasteiger partial charge in [-0.05, 0) is 81.4 Å². The molecular weight excluding hydrogens is 432 g/mol. The number of rotatable bonds is 13. The highest BCUT2D eigenvalue weighted by Gasteiger charge is 2.30. The molecule has 8 heteroatoms. The van der Waals surface area contributed by atoms with E-state index < -0.39 is 18.1 Å². The normalized spacial score (nSPS) is 16.5. The Labute approximate surface area is 203 Å². The van der Waals surface area contributed by atoms with Crippen LogP contribution in [0.5, 0.6) is 0 Å². The fraction of sp³-hybridized carbons (Fsp3) is 0.731. The van der Waals surface area contributed by atoms with Gasteiger partial charge >= 0.3 is 12.1 Å². The van der Waals surface area contributed by atoms with Gasteiger partial charge in [0.15, 0.2) is 0 Å². The Bertz CT molecular complexity index is 820. The molecule has 3 rings (SSSR count). The number of carbonyl (C=O) groups is 2.